The zero-order chi connectivity index (χ0) is 31.6. The van der Waals surface area contributed by atoms with Gasteiger partial charge in [-0.3, -0.25) is 9.59 Å². The Bertz CT molecular complexity index is 1370. The number of halogens is 1. The summed E-state index contributed by atoms with van der Waals surface area (Å²) >= 11 is 6.16. The summed E-state index contributed by atoms with van der Waals surface area (Å²) in [5.41, 5.74) is 9.82. The molecule has 6 rings (SSSR count). The van der Waals surface area contributed by atoms with E-state index in [1.165, 1.54) is 37.7 Å². The van der Waals surface area contributed by atoms with Gasteiger partial charge < -0.3 is 25.8 Å². The molecule has 3 atom stereocenters. The lowest BCUT2D eigenvalue weighted by Gasteiger charge is -2.50. The minimum absolute atomic E-state index is 0.0230. The summed E-state index contributed by atoms with van der Waals surface area (Å²) in [6.45, 7) is 3.59. The second-order valence-corrected chi connectivity index (χ2v) is 14.3. The van der Waals surface area contributed by atoms with E-state index in [-0.39, 0.29) is 23.3 Å². The number of aryl methyl sites for hydroxylation is 1. The number of urea groups is 1. The number of likely N-dealkylation sites (N-methyl/N-ethyl adjacent to an activating group) is 1. The number of nitrogens with one attached hydrogen (secondary N) is 1. The Labute approximate surface area is 272 Å². The molecule has 0 bridgehead atoms. The number of benzene rings is 2. The summed E-state index contributed by atoms with van der Waals surface area (Å²) in [6, 6.07) is 14.6. The average molecular weight is 634 g/mol. The van der Waals surface area contributed by atoms with Crippen LogP contribution in [0.5, 0.6) is 0 Å². The van der Waals surface area contributed by atoms with Crippen LogP contribution in [0.3, 0.4) is 0 Å². The van der Waals surface area contributed by atoms with Crippen molar-refractivity contribution >= 4 is 29.4 Å². The molecule has 2 aliphatic carbocycles. The molecule has 4 amide bonds. The van der Waals surface area contributed by atoms with Crippen molar-refractivity contribution in [2.24, 2.45) is 23.0 Å². The first-order valence-corrected chi connectivity index (χ1v) is 17.3. The van der Waals surface area contributed by atoms with E-state index in [0.29, 0.717) is 36.9 Å². The van der Waals surface area contributed by atoms with E-state index in [0.717, 1.165) is 50.0 Å². The zero-order valence-corrected chi connectivity index (χ0v) is 27.3. The van der Waals surface area contributed by atoms with Gasteiger partial charge in [0.25, 0.3) is 0 Å². The number of likely N-dealkylation sites (tertiary alicyclic amines) is 1. The summed E-state index contributed by atoms with van der Waals surface area (Å²) in [7, 11) is 1.88. The van der Waals surface area contributed by atoms with Gasteiger partial charge in [-0.2, -0.15) is 0 Å². The van der Waals surface area contributed by atoms with Crippen LogP contribution in [0.25, 0.3) is 0 Å². The zero-order valence-electron chi connectivity index (χ0n) is 26.6. The third-order valence-corrected chi connectivity index (χ3v) is 11.5. The monoisotopic (exact) mass is 633 g/mol. The largest absolute Gasteiger partial charge is 0.344 e. The standard InChI is InChI=1S/C36H48ClN5O3/c1-40-21-22-42(35(40)45)24-36(27-8-3-2-4-9-27)17-19-41(20-18-36)34(44)31(23-25-11-14-28(37)15-12-25)39-33(43)30-16-13-26-7-5-6-10-29(26)32(30)38/h5-7,10-12,14-15,27,30-32H,2-4,8-9,13,16-24,38H2,1H3,(H,39,43)/t30-,31-,32+/m1/s1. The van der Waals surface area contributed by atoms with E-state index in [4.69, 9.17) is 17.3 Å². The van der Waals surface area contributed by atoms with Gasteiger partial charge in [0.05, 0.1) is 5.92 Å². The molecule has 45 heavy (non-hydrogen) atoms. The van der Waals surface area contributed by atoms with Crippen molar-refractivity contribution in [2.45, 2.75) is 76.3 Å². The molecule has 1 saturated carbocycles. The number of rotatable bonds is 8. The van der Waals surface area contributed by atoms with E-state index in [2.05, 4.69) is 11.4 Å². The fourth-order valence-electron chi connectivity index (χ4n) is 8.46. The molecule has 2 aromatic carbocycles. The molecule has 2 heterocycles. The number of carbonyl (C=O) groups excluding carboxylic acids is 3. The van der Waals surface area contributed by atoms with Crippen molar-refractivity contribution in [2.75, 3.05) is 39.8 Å². The van der Waals surface area contributed by atoms with Crippen LogP contribution < -0.4 is 11.1 Å². The molecule has 2 aromatic rings. The van der Waals surface area contributed by atoms with Crippen LogP contribution in [0.4, 0.5) is 4.79 Å². The number of hydrogen-bond acceptors (Lipinski definition) is 4. The van der Waals surface area contributed by atoms with Crippen LogP contribution in [-0.4, -0.2) is 78.4 Å². The number of amides is 4. The van der Waals surface area contributed by atoms with Gasteiger partial charge in [0, 0.05) is 57.3 Å². The third kappa shape index (κ3) is 6.87. The molecule has 0 aromatic heterocycles. The lowest BCUT2D eigenvalue weighted by molar-refractivity contribution is -0.140. The third-order valence-electron chi connectivity index (χ3n) is 11.2. The topological polar surface area (TPSA) is 99.0 Å². The van der Waals surface area contributed by atoms with Crippen LogP contribution in [-0.2, 0) is 22.4 Å². The number of carbonyl (C=O) groups is 3. The molecule has 2 aliphatic heterocycles. The summed E-state index contributed by atoms with van der Waals surface area (Å²) in [5.74, 6) is -0.0221. The summed E-state index contributed by atoms with van der Waals surface area (Å²) in [5, 5.41) is 3.79. The van der Waals surface area contributed by atoms with Gasteiger partial charge in [-0.25, -0.2) is 4.79 Å². The molecular weight excluding hydrogens is 586 g/mol. The highest BCUT2D eigenvalue weighted by Crippen LogP contribution is 2.47. The molecule has 8 nitrogen and oxygen atoms in total. The quantitative estimate of drug-likeness (QED) is 0.418. The molecule has 4 aliphatic rings. The van der Waals surface area contributed by atoms with E-state index in [9.17, 15) is 14.4 Å². The Balaban J connectivity index is 1.18. The van der Waals surface area contributed by atoms with E-state index < -0.39 is 18.0 Å². The Morgan fingerprint density at radius 1 is 0.978 bits per heavy atom. The predicted octanol–water partition coefficient (Wildman–Crippen LogP) is 5.19. The van der Waals surface area contributed by atoms with E-state index >= 15 is 0 Å². The predicted molar refractivity (Wildman–Crippen MR) is 177 cm³/mol. The second-order valence-electron chi connectivity index (χ2n) is 13.9. The number of fused-ring (bicyclic) bond motifs is 1. The van der Waals surface area contributed by atoms with Crippen LogP contribution in [0.2, 0.25) is 5.02 Å². The fourth-order valence-corrected chi connectivity index (χ4v) is 8.58. The molecule has 9 heteroatoms. The molecule has 0 unspecified atom stereocenters. The maximum atomic E-state index is 14.3. The number of hydrogen-bond donors (Lipinski definition) is 2. The Kier molecular flexibility index (Phi) is 9.71. The molecule has 2 saturated heterocycles. The fraction of sp³-hybridized carbons (Fsp3) is 0.583. The van der Waals surface area contributed by atoms with Gasteiger partial charge >= 0.3 is 6.03 Å². The molecule has 3 N–H and O–H groups in total. The molecule has 0 radical (unpaired) electrons. The van der Waals surface area contributed by atoms with Crippen molar-refractivity contribution in [1.82, 2.24) is 20.0 Å². The number of nitrogens with two attached hydrogens (primary N) is 1. The maximum absolute atomic E-state index is 14.3. The first-order valence-electron chi connectivity index (χ1n) is 16.9. The molecule has 3 fully saturated rings. The Hall–Kier alpha value is -3.10. The SMILES string of the molecule is CN1CCN(CC2(C3CCCCC3)CCN(C(=O)[C@@H](Cc3ccc(Cl)cc3)NC(=O)[C@@H]3CCc4ccccc4[C@@H]3N)CC2)C1=O. The maximum Gasteiger partial charge on any atom is 0.319 e. The van der Waals surface area contributed by atoms with Gasteiger partial charge in [-0.15, -0.1) is 0 Å². The summed E-state index contributed by atoms with van der Waals surface area (Å²) < 4.78 is 0. The lowest BCUT2D eigenvalue weighted by atomic mass is 9.63. The van der Waals surface area contributed by atoms with Crippen LogP contribution in [0.1, 0.15) is 74.1 Å². The molecule has 242 valence electrons. The van der Waals surface area contributed by atoms with Crippen LogP contribution in [0, 0.1) is 17.3 Å². The van der Waals surface area contributed by atoms with E-state index in [1.54, 1.807) is 0 Å². The van der Waals surface area contributed by atoms with Gasteiger partial charge in [0.1, 0.15) is 6.04 Å². The van der Waals surface area contributed by atoms with Gasteiger partial charge in [-0.05, 0) is 78.7 Å². The average Bonchev–Trinajstić information content (AvgIpc) is 3.38. The highest BCUT2D eigenvalue weighted by atomic mass is 35.5. The smallest absolute Gasteiger partial charge is 0.319 e. The normalized spacial score (nSPS) is 24.3. The molecular formula is C36H48ClN5O3. The first kappa shape index (κ1) is 31.9. The first-order chi connectivity index (χ1) is 21.7. The Morgan fingerprint density at radius 3 is 2.38 bits per heavy atom. The lowest BCUT2D eigenvalue weighted by Crippen LogP contribution is -2.57. The summed E-state index contributed by atoms with van der Waals surface area (Å²) in [4.78, 5) is 46.8. The van der Waals surface area contributed by atoms with Crippen molar-refractivity contribution in [3.8, 4) is 0 Å². The highest BCUT2D eigenvalue weighted by Gasteiger charge is 2.46. The number of nitrogens with zero attached hydrogens (tertiary/aromatic N) is 3. The molecule has 0 spiro atoms. The van der Waals surface area contributed by atoms with Gasteiger partial charge in [-0.1, -0.05) is 67.3 Å². The van der Waals surface area contributed by atoms with Crippen molar-refractivity contribution in [3.63, 3.8) is 0 Å². The van der Waals surface area contributed by atoms with Crippen molar-refractivity contribution in [3.05, 3.63) is 70.2 Å². The number of piperidine rings is 1. The van der Waals surface area contributed by atoms with Gasteiger partial charge in [0.2, 0.25) is 11.8 Å². The highest BCUT2D eigenvalue weighted by molar-refractivity contribution is 6.30. The van der Waals surface area contributed by atoms with Crippen molar-refractivity contribution in [1.29, 1.82) is 0 Å². The van der Waals surface area contributed by atoms with Crippen LogP contribution in [0.15, 0.2) is 48.5 Å². The summed E-state index contributed by atoms with van der Waals surface area (Å²) in [6.07, 6.45) is 9.76. The second kappa shape index (κ2) is 13.7. The van der Waals surface area contributed by atoms with Crippen molar-refractivity contribution < 1.29 is 14.4 Å². The Morgan fingerprint density at radius 2 is 1.69 bits per heavy atom. The minimum atomic E-state index is -0.695. The van der Waals surface area contributed by atoms with Gasteiger partial charge in [0.15, 0.2) is 0 Å². The van der Waals surface area contributed by atoms with Crippen LogP contribution >= 0.6 is 11.6 Å². The van der Waals surface area contributed by atoms with E-state index in [1.807, 2.05) is 64.2 Å². The minimum Gasteiger partial charge on any atom is -0.344 e.